The standard InChI is InChI=1S/C31H63N/c1-5-7-9-11-12-13-18-22-26-31(32(3)4)27-23-19-15-14-17-21-25-30-28-29(30)24-20-16-10-8-6-2/h29-31H,5-28H2,1-4H3. The zero-order valence-corrected chi connectivity index (χ0v) is 23.1. The van der Waals surface area contributed by atoms with Crippen molar-refractivity contribution >= 4 is 0 Å². The number of rotatable bonds is 25. The molecule has 0 radical (unpaired) electrons. The van der Waals surface area contributed by atoms with Crippen LogP contribution in [0.4, 0.5) is 0 Å². The molecule has 0 N–H and O–H groups in total. The second kappa shape index (κ2) is 21.5. The summed E-state index contributed by atoms with van der Waals surface area (Å²) in [6.07, 6.45) is 35.2. The van der Waals surface area contributed by atoms with Crippen molar-refractivity contribution in [2.24, 2.45) is 11.8 Å². The largest absolute Gasteiger partial charge is 0.306 e. The van der Waals surface area contributed by atoms with Crippen LogP contribution in [0.2, 0.25) is 0 Å². The van der Waals surface area contributed by atoms with Gasteiger partial charge in [0, 0.05) is 6.04 Å². The van der Waals surface area contributed by atoms with Gasteiger partial charge in [-0.15, -0.1) is 0 Å². The maximum Gasteiger partial charge on any atom is 0.00891 e. The highest BCUT2D eigenvalue weighted by molar-refractivity contribution is 4.85. The molecule has 1 fully saturated rings. The predicted molar refractivity (Wildman–Crippen MR) is 147 cm³/mol. The molecule has 1 aliphatic rings. The zero-order chi connectivity index (χ0) is 23.3. The minimum atomic E-state index is 0.823. The third-order valence-electron chi connectivity index (χ3n) is 8.23. The van der Waals surface area contributed by atoms with Crippen LogP contribution in [-0.4, -0.2) is 25.0 Å². The maximum absolute atomic E-state index is 2.50. The summed E-state index contributed by atoms with van der Waals surface area (Å²) >= 11 is 0. The highest BCUT2D eigenvalue weighted by atomic mass is 15.1. The molecule has 0 heterocycles. The van der Waals surface area contributed by atoms with Gasteiger partial charge in [0.1, 0.15) is 0 Å². The molecule has 1 saturated carbocycles. The van der Waals surface area contributed by atoms with Gasteiger partial charge in [0.25, 0.3) is 0 Å². The molecule has 0 aromatic carbocycles. The van der Waals surface area contributed by atoms with Crippen molar-refractivity contribution in [2.45, 2.75) is 174 Å². The van der Waals surface area contributed by atoms with Gasteiger partial charge in [-0.05, 0) is 45.2 Å². The molecule has 1 rings (SSSR count). The number of hydrogen-bond donors (Lipinski definition) is 0. The Morgan fingerprint density at radius 1 is 0.500 bits per heavy atom. The quantitative estimate of drug-likeness (QED) is 0.125. The first-order valence-corrected chi connectivity index (χ1v) is 15.3. The summed E-state index contributed by atoms with van der Waals surface area (Å²) in [5, 5.41) is 0. The Bertz CT molecular complexity index is 377. The van der Waals surface area contributed by atoms with E-state index < -0.39 is 0 Å². The Kier molecular flexibility index (Phi) is 20.1. The molecular weight excluding hydrogens is 386 g/mol. The molecule has 3 atom stereocenters. The Balaban J connectivity index is 1.86. The lowest BCUT2D eigenvalue weighted by Crippen LogP contribution is -2.27. The van der Waals surface area contributed by atoms with E-state index in [0.717, 1.165) is 17.9 Å². The van der Waals surface area contributed by atoms with Crippen molar-refractivity contribution in [1.82, 2.24) is 4.90 Å². The molecule has 32 heavy (non-hydrogen) atoms. The summed E-state index contributed by atoms with van der Waals surface area (Å²) in [6, 6.07) is 0.823. The summed E-state index contributed by atoms with van der Waals surface area (Å²) in [7, 11) is 4.59. The fourth-order valence-corrected chi connectivity index (χ4v) is 5.70. The number of unbranched alkanes of at least 4 members (excludes halogenated alkanes) is 16. The van der Waals surface area contributed by atoms with E-state index in [1.165, 1.54) is 135 Å². The maximum atomic E-state index is 2.50. The predicted octanol–water partition coefficient (Wildman–Crippen LogP) is 10.6. The number of nitrogens with zero attached hydrogens (tertiary/aromatic N) is 1. The molecule has 0 aromatic heterocycles. The third-order valence-corrected chi connectivity index (χ3v) is 8.23. The van der Waals surface area contributed by atoms with Crippen LogP contribution in [0.15, 0.2) is 0 Å². The molecule has 0 aliphatic heterocycles. The van der Waals surface area contributed by atoms with Gasteiger partial charge in [-0.2, -0.15) is 0 Å². The van der Waals surface area contributed by atoms with Gasteiger partial charge in [0.05, 0.1) is 0 Å². The smallest absolute Gasteiger partial charge is 0.00891 e. The molecule has 0 aromatic rings. The Morgan fingerprint density at radius 2 is 0.844 bits per heavy atom. The van der Waals surface area contributed by atoms with Crippen LogP contribution in [0.5, 0.6) is 0 Å². The van der Waals surface area contributed by atoms with Crippen LogP contribution >= 0.6 is 0 Å². The monoisotopic (exact) mass is 449 g/mol. The first-order valence-electron chi connectivity index (χ1n) is 15.3. The van der Waals surface area contributed by atoms with Crippen LogP contribution < -0.4 is 0 Å². The average Bonchev–Trinajstić information content (AvgIpc) is 3.53. The van der Waals surface area contributed by atoms with Crippen molar-refractivity contribution in [3.8, 4) is 0 Å². The molecule has 192 valence electrons. The normalized spacial score (nSPS) is 19.0. The summed E-state index contributed by atoms with van der Waals surface area (Å²) < 4.78 is 0. The van der Waals surface area contributed by atoms with Gasteiger partial charge in [-0.1, -0.05) is 149 Å². The van der Waals surface area contributed by atoms with E-state index in [9.17, 15) is 0 Å². The van der Waals surface area contributed by atoms with Crippen LogP contribution in [-0.2, 0) is 0 Å². The van der Waals surface area contributed by atoms with Gasteiger partial charge in [0.15, 0.2) is 0 Å². The minimum Gasteiger partial charge on any atom is -0.306 e. The Hall–Kier alpha value is -0.0400. The lowest BCUT2D eigenvalue weighted by atomic mass is 9.99. The van der Waals surface area contributed by atoms with E-state index in [1.54, 1.807) is 19.3 Å². The van der Waals surface area contributed by atoms with Crippen molar-refractivity contribution in [2.75, 3.05) is 14.1 Å². The fourth-order valence-electron chi connectivity index (χ4n) is 5.70. The second-order valence-corrected chi connectivity index (χ2v) is 11.5. The van der Waals surface area contributed by atoms with Gasteiger partial charge in [-0.3, -0.25) is 0 Å². The first kappa shape index (κ1) is 30.0. The number of hydrogen-bond acceptors (Lipinski definition) is 1. The van der Waals surface area contributed by atoms with E-state index in [2.05, 4.69) is 32.8 Å². The van der Waals surface area contributed by atoms with E-state index in [-0.39, 0.29) is 0 Å². The van der Waals surface area contributed by atoms with E-state index in [1.807, 2.05) is 0 Å². The van der Waals surface area contributed by atoms with Gasteiger partial charge < -0.3 is 4.90 Å². The van der Waals surface area contributed by atoms with E-state index in [4.69, 9.17) is 0 Å². The summed E-state index contributed by atoms with van der Waals surface area (Å²) in [4.78, 5) is 2.50. The van der Waals surface area contributed by atoms with Crippen molar-refractivity contribution < 1.29 is 0 Å². The molecule has 0 saturated heterocycles. The molecule has 0 spiro atoms. The second-order valence-electron chi connectivity index (χ2n) is 11.5. The minimum absolute atomic E-state index is 0.823. The molecule has 0 bridgehead atoms. The highest BCUT2D eigenvalue weighted by Gasteiger charge is 2.34. The summed E-state index contributed by atoms with van der Waals surface area (Å²) in [5.74, 6) is 2.25. The van der Waals surface area contributed by atoms with E-state index >= 15 is 0 Å². The van der Waals surface area contributed by atoms with Crippen LogP contribution in [0.3, 0.4) is 0 Å². The Labute approximate surface area is 204 Å². The molecule has 3 unspecified atom stereocenters. The Morgan fingerprint density at radius 3 is 1.22 bits per heavy atom. The average molecular weight is 450 g/mol. The summed E-state index contributed by atoms with van der Waals surface area (Å²) in [6.45, 7) is 4.62. The first-order chi connectivity index (χ1) is 15.7. The topological polar surface area (TPSA) is 3.24 Å². The summed E-state index contributed by atoms with van der Waals surface area (Å²) in [5.41, 5.74) is 0. The molecule has 1 heteroatoms. The molecular formula is C31H63N. The van der Waals surface area contributed by atoms with Crippen LogP contribution in [0.1, 0.15) is 168 Å². The SMILES string of the molecule is CCCCCCCCCCC(CCCCCCCCC1CC1CCCCCCC)N(C)C. The van der Waals surface area contributed by atoms with Crippen LogP contribution in [0, 0.1) is 11.8 Å². The van der Waals surface area contributed by atoms with Gasteiger partial charge in [0.2, 0.25) is 0 Å². The molecule has 1 nitrogen and oxygen atoms in total. The van der Waals surface area contributed by atoms with Crippen molar-refractivity contribution in [1.29, 1.82) is 0 Å². The van der Waals surface area contributed by atoms with E-state index in [0.29, 0.717) is 0 Å². The zero-order valence-electron chi connectivity index (χ0n) is 23.1. The van der Waals surface area contributed by atoms with Gasteiger partial charge in [-0.25, -0.2) is 0 Å². The molecule has 1 aliphatic carbocycles. The fraction of sp³-hybridized carbons (Fsp3) is 1.00. The van der Waals surface area contributed by atoms with Crippen molar-refractivity contribution in [3.63, 3.8) is 0 Å². The lowest BCUT2D eigenvalue weighted by molar-refractivity contribution is 0.251. The van der Waals surface area contributed by atoms with Crippen molar-refractivity contribution in [3.05, 3.63) is 0 Å². The van der Waals surface area contributed by atoms with Gasteiger partial charge >= 0.3 is 0 Å². The third kappa shape index (κ3) is 17.4. The lowest BCUT2D eigenvalue weighted by Gasteiger charge is -2.24. The molecule has 0 amide bonds. The highest BCUT2D eigenvalue weighted by Crippen LogP contribution is 2.45. The van der Waals surface area contributed by atoms with Crippen LogP contribution in [0.25, 0.3) is 0 Å².